The topological polar surface area (TPSA) is 58.6 Å². The fourth-order valence-electron chi connectivity index (χ4n) is 2.05. The summed E-state index contributed by atoms with van der Waals surface area (Å²) in [5.74, 6) is 0.269. The molecule has 4 nitrogen and oxygen atoms in total. The molecule has 4 heteroatoms. The Kier molecular flexibility index (Phi) is 4.95. The SMILES string of the molecule is CC(NCC1CCC(O)C1)C(=O)OC(C)(C)C. The van der Waals surface area contributed by atoms with Crippen molar-refractivity contribution in [1.29, 1.82) is 0 Å². The first-order chi connectivity index (χ1) is 7.78. The first-order valence-corrected chi connectivity index (χ1v) is 6.42. The van der Waals surface area contributed by atoms with Crippen LogP contribution in [0.3, 0.4) is 0 Å². The Morgan fingerprint density at radius 3 is 2.59 bits per heavy atom. The van der Waals surface area contributed by atoms with Gasteiger partial charge in [-0.1, -0.05) is 0 Å². The highest BCUT2D eigenvalue weighted by Crippen LogP contribution is 2.24. The molecular formula is C13H25NO3. The van der Waals surface area contributed by atoms with Gasteiger partial charge in [0, 0.05) is 0 Å². The number of carbonyl (C=O) groups excluding carboxylic acids is 1. The minimum atomic E-state index is -0.434. The van der Waals surface area contributed by atoms with Gasteiger partial charge >= 0.3 is 5.97 Å². The number of hydrogen-bond donors (Lipinski definition) is 2. The molecule has 1 aliphatic rings. The van der Waals surface area contributed by atoms with Gasteiger partial charge in [-0.05, 0) is 59.4 Å². The molecular weight excluding hydrogens is 218 g/mol. The summed E-state index contributed by atoms with van der Waals surface area (Å²) in [7, 11) is 0. The molecule has 0 heterocycles. The minimum absolute atomic E-state index is 0.154. The number of hydrogen-bond acceptors (Lipinski definition) is 4. The molecule has 0 aliphatic heterocycles. The molecule has 0 spiro atoms. The summed E-state index contributed by atoms with van der Waals surface area (Å²) in [5, 5.41) is 12.6. The molecule has 1 fully saturated rings. The molecule has 0 aromatic rings. The van der Waals surface area contributed by atoms with E-state index in [4.69, 9.17) is 4.74 Å². The highest BCUT2D eigenvalue weighted by Gasteiger charge is 2.25. The van der Waals surface area contributed by atoms with Gasteiger partial charge in [-0.15, -0.1) is 0 Å². The van der Waals surface area contributed by atoms with E-state index in [0.717, 1.165) is 25.8 Å². The number of carbonyl (C=O) groups is 1. The molecule has 100 valence electrons. The smallest absolute Gasteiger partial charge is 0.323 e. The van der Waals surface area contributed by atoms with Crippen molar-refractivity contribution >= 4 is 5.97 Å². The summed E-state index contributed by atoms with van der Waals surface area (Å²) in [6, 6.07) is -0.285. The Morgan fingerprint density at radius 2 is 2.12 bits per heavy atom. The quantitative estimate of drug-likeness (QED) is 0.734. The molecule has 0 bridgehead atoms. The number of nitrogens with one attached hydrogen (secondary N) is 1. The van der Waals surface area contributed by atoms with Gasteiger partial charge in [-0.25, -0.2) is 0 Å². The molecule has 1 aliphatic carbocycles. The molecule has 17 heavy (non-hydrogen) atoms. The summed E-state index contributed by atoms with van der Waals surface area (Å²) >= 11 is 0. The fraction of sp³-hybridized carbons (Fsp3) is 0.923. The lowest BCUT2D eigenvalue weighted by Crippen LogP contribution is -2.41. The van der Waals surface area contributed by atoms with E-state index in [2.05, 4.69) is 5.32 Å². The van der Waals surface area contributed by atoms with Crippen LogP contribution in [0, 0.1) is 5.92 Å². The zero-order valence-corrected chi connectivity index (χ0v) is 11.3. The second kappa shape index (κ2) is 5.83. The molecule has 0 saturated heterocycles. The number of esters is 1. The largest absolute Gasteiger partial charge is 0.459 e. The number of aliphatic hydroxyl groups excluding tert-OH is 1. The second-order valence-corrected chi connectivity index (χ2v) is 6.00. The van der Waals surface area contributed by atoms with Gasteiger partial charge in [-0.2, -0.15) is 0 Å². The maximum Gasteiger partial charge on any atom is 0.323 e. The standard InChI is InChI=1S/C13H25NO3/c1-9(12(16)17-13(2,3)4)14-8-10-5-6-11(15)7-10/h9-11,14-15H,5-8H2,1-4H3. The fourth-order valence-corrected chi connectivity index (χ4v) is 2.05. The normalized spacial score (nSPS) is 26.9. The van der Waals surface area contributed by atoms with Crippen molar-refractivity contribution in [2.24, 2.45) is 5.92 Å². The van der Waals surface area contributed by atoms with E-state index in [-0.39, 0.29) is 18.1 Å². The molecule has 0 radical (unpaired) electrons. The van der Waals surface area contributed by atoms with Crippen LogP contribution in [-0.4, -0.2) is 35.4 Å². The number of aliphatic hydroxyl groups is 1. The van der Waals surface area contributed by atoms with Gasteiger partial charge in [0.05, 0.1) is 6.10 Å². The lowest BCUT2D eigenvalue weighted by atomic mass is 10.1. The number of ether oxygens (including phenoxy) is 1. The summed E-state index contributed by atoms with van der Waals surface area (Å²) in [4.78, 5) is 11.7. The third-order valence-electron chi connectivity index (χ3n) is 2.99. The van der Waals surface area contributed by atoms with Crippen molar-refractivity contribution in [1.82, 2.24) is 5.32 Å². The highest BCUT2D eigenvalue weighted by molar-refractivity contribution is 5.75. The first kappa shape index (κ1) is 14.5. The monoisotopic (exact) mass is 243 g/mol. The molecule has 3 atom stereocenters. The van der Waals surface area contributed by atoms with Crippen LogP contribution in [0.2, 0.25) is 0 Å². The molecule has 0 aromatic carbocycles. The zero-order valence-electron chi connectivity index (χ0n) is 11.3. The van der Waals surface area contributed by atoms with E-state index < -0.39 is 5.60 Å². The van der Waals surface area contributed by atoms with E-state index in [0.29, 0.717) is 5.92 Å². The molecule has 2 N–H and O–H groups in total. The van der Waals surface area contributed by atoms with Crippen LogP contribution in [0.5, 0.6) is 0 Å². The van der Waals surface area contributed by atoms with Gasteiger partial charge in [-0.3, -0.25) is 4.79 Å². The Hall–Kier alpha value is -0.610. The van der Waals surface area contributed by atoms with Crippen LogP contribution in [0.1, 0.15) is 47.0 Å². The second-order valence-electron chi connectivity index (χ2n) is 6.00. The summed E-state index contributed by atoms with van der Waals surface area (Å²) in [5.41, 5.74) is -0.434. The van der Waals surface area contributed by atoms with Crippen molar-refractivity contribution in [3.05, 3.63) is 0 Å². The van der Waals surface area contributed by atoms with Gasteiger partial charge in [0.15, 0.2) is 0 Å². The Bertz CT molecular complexity index is 260. The van der Waals surface area contributed by atoms with Crippen LogP contribution in [0.4, 0.5) is 0 Å². The average molecular weight is 243 g/mol. The summed E-state index contributed by atoms with van der Waals surface area (Å²) in [6.45, 7) is 8.19. The predicted molar refractivity (Wildman–Crippen MR) is 66.7 cm³/mol. The Labute approximate surface area is 104 Å². The maximum atomic E-state index is 11.7. The first-order valence-electron chi connectivity index (χ1n) is 6.42. The van der Waals surface area contributed by atoms with Crippen molar-refractivity contribution in [2.75, 3.05) is 6.54 Å². The molecule has 3 unspecified atom stereocenters. The van der Waals surface area contributed by atoms with E-state index in [1.54, 1.807) is 0 Å². The third-order valence-corrected chi connectivity index (χ3v) is 2.99. The average Bonchev–Trinajstić information content (AvgIpc) is 2.58. The number of rotatable bonds is 4. The van der Waals surface area contributed by atoms with Crippen LogP contribution in [0.15, 0.2) is 0 Å². The molecule has 1 rings (SSSR count). The Balaban J connectivity index is 2.24. The van der Waals surface area contributed by atoms with E-state index in [1.807, 2.05) is 27.7 Å². The minimum Gasteiger partial charge on any atom is -0.459 e. The lowest BCUT2D eigenvalue weighted by molar-refractivity contribution is -0.157. The predicted octanol–water partition coefficient (Wildman–Crippen LogP) is 1.47. The van der Waals surface area contributed by atoms with Gasteiger partial charge in [0.2, 0.25) is 0 Å². The van der Waals surface area contributed by atoms with Crippen molar-refractivity contribution in [3.8, 4) is 0 Å². The van der Waals surface area contributed by atoms with Crippen LogP contribution >= 0.6 is 0 Å². The Morgan fingerprint density at radius 1 is 1.47 bits per heavy atom. The van der Waals surface area contributed by atoms with E-state index in [1.165, 1.54) is 0 Å². The highest BCUT2D eigenvalue weighted by atomic mass is 16.6. The van der Waals surface area contributed by atoms with E-state index in [9.17, 15) is 9.90 Å². The molecule has 0 amide bonds. The molecule has 1 saturated carbocycles. The van der Waals surface area contributed by atoms with Crippen LogP contribution in [0.25, 0.3) is 0 Å². The van der Waals surface area contributed by atoms with Crippen molar-refractivity contribution in [2.45, 2.75) is 64.7 Å². The third kappa shape index (κ3) is 5.50. The zero-order chi connectivity index (χ0) is 13.1. The van der Waals surface area contributed by atoms with Crippen molar-refractivity contribution in [3.63, 3.8) is 0 Å². The summed E-state index contributed by atoms with van der Waals surface area (Å²) < 4.78 is 5.28. The van der Waals surface area contributed by atoms with Gasteiger partial charge in [0.1, 0.15) is 11.6 Å². The van der Waals surface area contributed by atoms with Gasteiger partial charge < -0.3 is 15.2 Å². The lowest BCUT2D eigenvalue weighted by Gasteiger charge is -2.23. The molecule has 0 aromatic heterocycles. The maximum absolute atomic E-state index is 11.7. The van der Waals surface area contributed by atoms with Gasteiger partial charge in [0.25, 0.3) is 0 Å². The van der Waals surface area contributed by atoms with E-state index >= 15 is 0 Å². The van der Waals surface area contributed by atoms with Crippen LogP contribution < -0.4 is 5.32 Å². The summed E-state index contributed by atoms with van der Waals surface area (Å²) in [6.07, 6.45) is 2.61. The van der Waals surface area contributed by atoms with Crippen molar-refractivity contribution < 1.29 is 14.6 Å². The van der Waals surface area contributed by atoms with Crippen LogP contribution in [-0.2, 0) is 9.53 Å².